The van der Waals surface area contributed by atoms with Gasteiger partial charge in [-0.25, -0.2) is 23.6 Å². The number of alkyl halides is 3. The molecule has 0 atom stereocenters. The number of carbonyl (C=O) groups excluding carboxylic acids is 4. The molecule has 0 spiro atoms. The molecule has 0 radical (unpaired) electrons. The van der Waals surface area contributed by atoms with Crippen LogP contribution < -0.4 is 15.8 Å². The predicted octanol–water partition coefficient (Wildman–Crippen LogP) is 4.80. The third kappa shape index (κ3) is 10.1. The number of hydrogen-bond acceptors (Lipinski definition) is 10. The van der Waals surface area contributed by atoms with E-state index in [4.69, 9.17) is 35.3 Å². The number of ether oxygens (including phenoxy) is 3. The Labute approximate surface area is 262 Å². The molecule has 0 aliphatic rings. The average Bonchev–Trinajstić information content (AvgIpc) is 3.44. The number of nitrogens with two attached hydrogens (primary N) is 1. The second kappa shape index (κ2) is 15.1. The van der Waals surface area contributed by atoms with Gasteiger partial charge in [-0.2, -0.15) is 13.2 Å². The number of amidine groups is 1. The molecule has 46 heavy (non-hydrogen) atoms. The molecule has 246 valence electrons. The average molecular weight is 670 g/mol. The Morgan fingerprint density at radius 1 is 0.891 bits per heavy atom. The summed E-state index contributed by atoms with van der Waals surface area (Å²) < 4.78 is 60.6. The van der Waals surface area contributed by atoms with E-state index in [0.717, 1.165) is 17.4 Å². The largest absolute Gasteiger partial charge is 0.490 e. The van der Waals surface area contributed by atoms with Crippen LogP contribution in [-0.2, 0) is 25.5 Å². The van der Waals surface area contributed by atoms with Crippen molar-refractivity contribution in [2.75, 3.05) is 19.5 Å². The SMILES string of the molecule is COC(=O)c1cc(NC(=O)C(C)(C)Cc2ccc(C(=O)Oc3ccc(C(=N)N)cc3F)s2)cc(C(=O)OC)c1.O=C(O)C(F)(F)F. The summed E-state index contributed by atoms with van der Waals surface area (Å²) in [4.78, 5) is 59.5. The fourth-order valence-corrected chi connectivity index (χ4v) is 4.58. The van der Waals surface area contributed by atoms with Crippen molar-refractivity contribution in [3.05, 3.63) is 80.8 Å². The summed E-state index contributed by atoms with van der Waals surface area (Å²) in [5.74, 6) is -6.79. The number of rotatable bonds is 9. The maximum atomic E-state index is 14.2. The van der Waals surface area contributed by atoms with Gasteiger partial charge in [-0.15, -0.1) is 11.3 Å². The number of amides is 1. The van der Waals surface area contributed by atoms with E-state index < -0.39 is 47.2 Å². The Morgan fingerprint density at radius 2 is 1.43 bits per heavy atom. The Morgan fingerprint density at radius 3 is 1.89 bits per heavy atom. The molecule has 0 bridgehead atoms. The van der Waals surface area contributed by atoms with Gasteiger partial charge in [-0.1, -0.05) is 13.8 Å². The van der Waals surface area contributed by atoms with Gasteiger partial charge in [0.05, 0.1) is 25.3 Å². The van der Waals surface area contributed by atoms with Gasteiger partial charge in [0.1, 0.15) is 10.7 Å². The highest BCUT2D eigenvalue weighted by atomic mass is 32.1. The van der Waals surface area contributed by atoms with Gasteiger partial charge in [0.15, 0.2) is 11.6 Å². The summed E-state index contributed by atoms with van der Waals surface area (Å²) in [6, 6.07) is 10.8. The summed E-state index contributed by atoms with van der Waals surface area (Å²) >= 11 is 1.09. The third-order valence-electron chi connectivity index (χ3n) is 5.81. The Kier molecular flexibility index (Phi) is 12.1. The summed E-state index contributed by atoms with van der Waals surface area (Å²) in [6.45, 7) is 3.38. The van der Waals surface area contributed by atoms with Gasteiger partial charge in [-0.05, 0) is 55.0 Å². The number of nitrogens with one attached hydrogen (secondary N) is 2. The van der Waals surface area contributed by atoms with Crippen LogP contribution in [0, 0.1) is 16.6 Å². The predicted molar refractivity (Wildman–Crippen MR) is 156 cm³/mol. The van der Waals surface area contributed by atoms with E-state index in [1.165, 1.54) is 50.6 Å². The number of nitrogen functional groups attached to an aromatic ring is 1. The number of anilines is 1. The van der Waals surface area contributed by atoms with Crippen LogP contribution in [0.4, 0.5) is 23.2 Å². The van der Waals surface area contributed by atoms with Crippen LogP contribution in [-0.4, -0.2) is 61.1 Å². The number of halogens is 4. The lowest BCUT2D eigenvalue weighted by molar-refractivity contribution is -0.192. The summed E-state index contributed by atoms with van der Waals surface area (Å²) in [6.07, 6.45) is -4.85. The standard InChI is InChI=1S/C27H26FN3O7S.C2HF3O2/c1-27(2,26(35)31-17-10-15(23(32)36-3)9-16(11-17)24(33)37-4)13-18-6-8-21(39-18)25(34)38-20-7-5-14(22(29)30)12-19(20)28;3-2(4,5)1(6)7/h5-12H,13H2,1-4H3,(H3,29,30)(H,31,35);(H,6,7). The fourth-order valence-electron chi connectivity index (χ4n) is 3.47. The molecule has 0 aliphatic carbocycles. The lowest BCUT2D eigenvalue weighted by Gasteiger charge is -2.23. The zero-order valence-electron chi connectivity index (χ0n) is 24.5. The molecule has 0 saturated heterocycles. The second-order valence-corrected chi connectivity index (χ2v) is 11.0. The first-order valence-electron chi connectivity index (χ1n) is 12.7. The van der Waals surface area contributed by atoms with Crippen LogP contribution in [0.25, 0.3) is 0 Å². The van der Waals surface area contributed by atoms with Gasteiger partial charge in [0, 0.05) is 21.5 Å². The molecule has 0 saturated carbocycles. The van der Waals surface area contributed by atoms with E-state index in [-0.39, 0.29) is 45.3 Å². The highest BCUT2D eigenvalue weighted by Crippen LogP contribution is 2.30. The second-order valence-electron chi connectivity index (χ2n) is 9.81. The van der Waals surface area contributed by atoms with E-state index in [0.29, 0.717) is 4.88 Å². The third-order valence-corrected chi connectivity index (χ3v) is 6.88. The molecule has 0 fully saturated rings. The van der Waals surface area contributed by atoms with Crippen molar-refractivity contribution in [1.82, 2.24) is 0 Å². The zero-order chi connectivity index (χ0) is 35.0. The highest BCUT2D eigenvalue weighted by Gasteiger charge is 2.38. The van der Waals surface area contributed by atoms with Crippen LogP contribution in [0.5, 0.6) is 5.75 Å². The minimum Gasteiger partial charge on any atom is -0.475 e. The summed E-state index contributed by atoms with van der Waals surface area (Å²) in [5.41, 5.74) is 4.83. The Hall–Kier alpha value is -5.32. The van der Waals surface area contributed by atoms with Crippen LogP contribution >= 0.6 is 11.3 Å². The van der Waals surface area contributed by atoms with Gasteiger partial charge in [-0.3, -0.25) is 10.2 Å². The summed E-state index contributed by atoms with van der Waals surface area (Å²) in [5, 5.41) is 17.2. The molecule has 3 rings (SSSR count). The number of carboxylic acids is 1. The number of hydrogen-bond donors (Lipinski definition) is 4. The molecular formula is C29H27F4N3O9S. The van der Waals surface area contributed by atoms with Crippen molar-refractivity contribution >= 4 is 52.6 Å². The van der Waals surface area contributed by atoms with Gasteiger partial charge >= 0.3 is 30.1 Å². The fraction of sp³-hybridized carbons (Fsp3) is 0.241. The molecule has 1 aromatic heterocycles. The number of benzene rings is 2. The molecule has 12 nitrogen and oxygen atoms in total. The van der Waals surface area contributed by atoms with E-state index in [1.54, 1.807) is 19.9 Å². The smallest absolute Gasteiger partial charge is 0.475 e. The minimum absolute atomic E-state index is 0.0577. The Bertz CT molecular complexity index is 1640. The summed E-state index contributed by atoms with van der Waals surface area (Å²) in [7, 11) is 2.39. The number of aliphatic carboxylic acids is 1. The van der Waals surface area contributed by atoms with E-state index in [2.05, 4.69) is 5.32 Å². The van der Waals surface area contributed by atoms with Gasteiger partial charge in [0.25, 0.3) is 0 Å². The highest BCUT2D eigenvalue weighted by molar-refractivity contribution is 7.14. The van der Waals surface area contributed by atoms with Gasteiger partial charge < -0.3 is 30.4 Å². The van der Waals surface area contributed by atoms with Crippen molar-refractivity contribution in [2.24, 2.45) is 11.1 Å². The lowest BCUT2D eigenvalue weighted by atomic mass is 9.87. The van der Waals surface area contributed by atoms with Crippen molar-refractivity contribution in [2.45, 2.75) is 26.4 Å². The lowest BCUT2D eigenvalue weighted by Crippen LogP contribution is -2.32. The number of carboxylic acid groups (broad SMARTS) is 1. The quantitative estimate of drug-likeness (QED) is 0.0808. The van der Waals surface area contributed by atoms with E-state index in [1.807, 2.05) is 0 Å². The molecular weight excluding hydrogens is 642 g/mol. The first kappa shape index (κ1) is 36.9. The van der Waals surface area contributed by atoms with Crippen molar-refractivity contribution < 1.29 is 60.9 Å². The maximum absolute atomic E-state index is 14.2. The number of esters is 3. The molecule has 5 N–H and O–H groups in total. The molecule has 1 heterocycles. The molecule has 17 heteroatoms. The minimum atomic E-state index is -5.08. The molecule has 2 aromatic carbocycles. The maximum Gasteiger partial charge on any atom is 0.490 e. The molecule has 1 amide bonds. The van der Waals surface area contributed by atoms with Crippen molar-refractivity contribution in [1.29, 1.82) is 5.41 Å². The monoisotopic (exact) mass is 669 g/mol. The van der Waals surface area contributed by atoms with Crippen LogP contribution in [0.15, 0.2) is 48.5 Å². The number of thiophene rings is 1. The topological polar surface area (TPSA) is 195 Å². The van der Waals surface area contributed by atoms with Crippen molar-refractivity contribution in [3.8, 4) is 5.75 Å². The van der Waals surface area contributed by atoms with E-state index >= 15 is 0 Å². The molecule has 0 aliphatic heterocycles. The zero-order valence-corrected chi connectivity index (χ0v) is 25.4. The van der Waals surface area contributed by atoms with Crippen LogP contribution in [0.2, 0.25) is 0 Å². The van der Waals surface area contributed by atoms with Crippen molar-refractivity contribution in [3.63, 3.8) is 0 Å². The number of carbonyl (C=O) groups is 5. The van der Waals surface area contributed by atoms with Crippen LogP contribution in [0.3, 0.4) is 0 Å². The van der Waals surface area contributed by atoms with Gasteiger partial charge in [0.2, 0.25) is 5.91 Å². The Balaban J connectivity index is 0.000000942. The first-order valence-corrected chi connectivity index (χ1v) is 13.5. The normalized spacial score (nSPS) is 11.0. The van der Waals surface area contributed by atoms with Crippen LogP contribution in [0.1, 0.15) is 54.7 Å². The van der Waals surface area contributed by atoms with E-state index in [9.17, 15) is 36.7 Å². The number of methoxy groups -OCH3 is 2. The first-order chi connectivity index (χ1) is 21.3. The molecule has 0 unspecified atom stereocenters. The molecule has 3 aromatic rings.